The van der Waals surface area contributed by atoms with Gasteiger partial charge < -0.3 is 15.3 Å². The van der Waals surface area contributed by atoms with Gasteiger partial charge in [-0.05, 0) is 36.1 Å². The quantitative estimate of drug-likeness (QED) is 0.874. The summed E-state index contributed by atoms with van der Waals surface area (Å²) in [6.45, 7) is 0.807. The van der Waals surface area contributed by atoms with Gasteiger partial charge in [-0.2, -0.15) is 0 Å². The lowest BCUT2D eigenvalue weighted by Crippen LogP contribution is -2.30. The Kier molecular flexibility index (Phi) is 4.51. The van der Waals surface area contributed by atoms with Crippen LogP contribution in [-0.4, -0.2) is 29.8 Å². The van der Waals surface area contributed by atoms with Gasteiger partial charge in [-0.15, -0.1) is 0 Å². The molecule has 128 valence electrons. The first-order valence-corrected chi connectivity index (χ1v) is 9.31. The Morgan fingerprint density at radius 2 is 2.08 bits per heavy atom. The van der Waals surface area contributed by atoms with E-state index in [0.717, 1.165) is 40.0 Å². The number of fused-ring (bicyclic) bond motifs is 1. The van der Waals surface area contributed by atoms with Crippen molar-refractivity contribution in [2.45, 2.75) is 23.8 Å². The molecule has 2 aromatic carbocycles. The Hall–Kier alpha value is -2.24. The fourth-order valence-corrected chi connectivity index (χ4v) is 4.07. The molecule has 0 saturated carbocycles. The summed E-state index contributed by atoms with van der Waals surface area (Å²) in [5.74, 6) is 1.04. The highest BCUT2D eigenvalue weighted by atomic mass is 32.2. The van der Waals surface area contributed by atoms with Gasteiger partial charge in [0, 0.05) is 18.2 Å². The molecule has 2 aliphatic heterocycles. The van der Waals surface area contributed by atoms with Crippen LogP contribution in [0, 0.1) is 0 Å². The maximum atomic E-state index is 10.6. The molecule has 2 N–H and O–H groups in total. The Morgan fingerprint density at radius 1 is 1.24 bits per heavy atom. The molecule has 0 bridgehead atoms. The van der Waals surface area contributed by atoms with Gasteiger partial charge in [0.1, 0.15) is 10.9 Å². The van der Waals surface area contributed by atoms with Gasteiger partial charge in [-0.1, -0.05) is 48.2 Å². The topological polar surface area (TPSA) is 47.9 Å². The second kappa shape index (κ2) is 6.94. The summed E-state index contributed by atoms with van der Waals surface area (Å²) in [5, 5.41) is 15.1. The normalized spacial score (nSPS) is 17.0. The molecule has 0 spiro atoms. The highest BCUT2D eigenvalue weighted by molar-refractivity contribution is 8.03. The second-order valence-electron chi connectivity index (χ2n) is 6.37. The Balaban J connectivity index is 1.49. The van der Waals surface area contributed by atoms with E-state index in [4.69, 9.17) is 0 Å². The predicted molar refractivity (Wildman–Crippen MR) is 104 cm³/mol. The molecule has 0 saturated heterocycles. The van der Waals surface area contributed by atoms with E-state index >= 15 is 0 Å². The number of aliphatic hydroxyl groups is 1. The number of benzene rings is 2. The predicted octanol–water partition coefficient (Wildman–Crippen LogP) is 4.01. The molecule has 5 heteroatoms. The number of thioether (sulfide) groups is 1. The Morgan fingerprint density at radius 3 is 2.92 bits per heavy atom. The number of aryl methyl sites for hydroxylation is 1. The van der Waals surface area contributed by atoms with Crippen molar-refractivity contribution >= 4 is 23.7 Å². The largest absolute Gasteiger partial charge is 0.388 e. The molecule has 0 aliphatic carbocycles. The van der Waals surface area contributed by atoms with Gasteiger partial charge in [0.2, 0.25) is 0 Å². The molecule has 0 aromatic heterocycles. The van der Waals surface area contributed by atoms with E-state index in [1.165, 1.54) is 5.56 Å². The lowest BCUT2D eigenvalue weighted by atomic mass is 10.0. The van der Waals surface area contributed by atoms with Gasteiger partial charge in [0.05, 0.1) is 18.3 Å². The van der Waals surface area contributed by atoms with Crippen molar-refractivity contribution in [1.82, 2.24) is 4.90 Å². The van der Waals surface area contributed by atoms with Crippen LogP contribution in [0.15, 0.2) is 69.3 Å². The minimum absolute atomic E-state index is 0.463. The number of nitrogens with zero attached hydrogens (tertiary/aromatic N) is 2. The summed E-state index contributed by atoms with van der Waals surface area (Å²) >= 11 is 1.67. The van der Waals surface area contributed by atoms with E-state index in [0.29, 0.717) is 6.42 Å². The number of hydrogen-bond donors (Lipinski definition) is 2. The van der Waals surface area contributed by atoms with Crippen molar-refractivity contribution in [2.75, 3.05) is 18.9 Å². The van der Waals surface area contributed by atoms with Crippen LogP contribution in [0.2, 0.25) is 0 Å². The van der Waals surface area contributed by atoms with Crippen LogP contribution >= 0.6 is 11.8 Å². The first-order valence-electron chi connectivity index (χ1n) is 8.49. The number of rotatable bonds is 4. The highest BCUT2D eigenvalue weighted by Gasteiger charge is 2.23. The smallest absolute Gasteiger partial charge is 0.141 e. The van der Waals surface area contributed by atoms with Crippen molar-refractivity contribution in [2.24, 2.45) is 4.99 Å². The molecule has 2 aliphatic rings. The van der Waals surface area contributed by atoms with Crippen LogP contribution in [0.1, 0.15) is 23.7 Å². The van der Waals surface area contributed by atoms with E-state index in [2.05, 4.69) is 46.5 Å². The van der Waals surface area contributed by atoms with Crippen molar-refractivity contribution < 1.29 is 5.11 Å². The van der Waals surface area contributed by atoms with Crippen molar-refractivity contribution in [3.8, 4) is 0 Å². The molecule has 0 fully saturated rings. The third-order valence-electron chi connectivity index (χ3n) is 4.55. The third kappa shape index (κ3) is 3.43. The van der Waals surface area contributed by atoms with Crippen LogP contribution in [0.5, 0.6) is 0 Å². The number of hydrogen-bond acceptors (Lipinski definition) is 5. The molecule has 4 nitrogen and oxygen atoms in total. The molecule has 0 amide bonds. The average molecular weight is 351 g/mol. The number of anilines is 1. The number of aliphatic hydroxyl groups excluding tert-OH is 1. The molecule has 2 aromatic rings. The average Bonchev–Trinajstić information content (AvgIpc) is 2.65. The van der Waals surface area contributed by atoms with Gasteiger partial charge in [0.25, 0.3) is 0 Å². The minimum Gasteiger partial charge on any atom is -0.388 e. The van der Waals surface area contributed by atoms with Gasteiger partial charge in [0.15, 0.2) is 0 Å². The summed E-state index contributed by atoms with van der Waals surface area (Å²) < 4.78 is 0. The summed E-state index contributed by atoms with van der Waals surface area (Å²) in [6, 6.07) is 16.5. The van der Waals surface area contributed by atoms with Crippen molar-refractivity contribution in [1.29, 1.82) is 0 Å². The highest BCUT2D eigenvalue weighted by Crippen LogP contribution is 2.42. The lowest BCUT2D eigenvalue weighted by Gasteiger charge is -2.31. The second-order valence-corrected chi connectivity index (χ2v) is 7.40. The molecule has 25 heavy (non-hydrogen) atoms. The fourth-order valence-electron chi connectivity index (χ4n) is 3.07. The van der Waals surface area contributed by atoms with E-state index in [9.17, 15) is 5.11 Å². The zero-order valence-electron chi connectivity index (χ0n) is 14.1. The zero-order valence-corrected chi connectivity index (χ0v) is 15.0. The minimum atomic E-state index is -0.463. The van der Waals surface area contributed by atoms with E-state index in [-0.39, 0.29) is 0 Å². The van der Waals surface area contributed by atoms with Crippen LogP contribution in [0.25, 0.3) is 0 Å². The molecule has 4 rings (SSSR count). The summed E-state index contributed by atoms with van der Waals surface area (Å²) in [6.07, 6.45) is 3.05. The fraction of sp³-hybridized carbons (Fsp3) is 0.250. The maximum Gasteiger partial charge on any atom is 0.141 e. The zero-order chi connectivity index (χ0) is 17.2. The Labute approximate surface area is 152 Å². The molecular formula is C20H21N3OS. The number of nitrogens with one attached hydrogen (secondary N) is 1. The van der Waals surface area contributed by atoms with Gasteiger partial charge >= 0.3 is 0 Å². The van der Waals surface area contributed by atoms with Gasteiger partial charge in [-0.25, -0.2) is 4.99 Å². The number of aliphatic imine (C=N–C) groups is 1. The van der Waals surface area contributed by atoms with E-state index < -0.39 is 6.10 Å². The standard InChI is InChI=1S/C20H21N3OS/c1-23-12-11-21-20-19(23)22-16-13-15(8-10-18(16)25-20)17(24)9-7-14-5-3-2-4-6-14/h2-6,8,10-11,13,17,22,24H,7,9,12H2,1H3. The molecule has 2 heterocycles. The Bertz CT molecular complexity index is 832. The van der Waals surface area contributed by atoms with Crippen LogP contribution < -0.4 is 5.32 Å². The summed E-state index contributed by atoms with van der Waals surface area (Å²) in [5.41, 5.74) is 3.25. The lowest BCUT2D eigenvalue weighted by molar-refractivity contribution is 0.168. The van der Waals surface area contributed by atoms with E-state index in [1.807, 2.05) is 30.5 Å². The first-order chi connectivity index (χ1) is 12.2. The summed E-state index contributed by atoms with van der Waals surface area (Å²) in [7, 11) is 2.05. The maximum absolute atomic E-state index is 10.6. The van der Waals surface area contributed by atoms with Crippen LogP contribution in [0.3, 0.4) is 0 Å². The first kappa shape index (κ1) is 16.2. The molecular weight excluding hydrogens is 330 g/mol. The SMILES string of the molecule is CN1CC=NC2=C1Nc1cc(C(O)CCc3ccccc3)ccc1S2. The van der Waals surface area contributed by atoms with Crippen molar-refractivity contribution in [3.05, 3.63) is 70.5 Å². The van der Waals surface area contributed by atoms with E-state index in [1.54, 1.807) is 11.8 Å². The molecule has 0 radical (unpaired) electrons. The third-order valence-corrected chi connectivity index (χ3v) is 5.61. The van der Waals surface area contributed by atoms with Crippen molar-refractivity contribution in [3.63, 3.8) is 0 Å². The summed E-state index contributed by atoms with van der Waals surface area (Å²) in [4.78, 5) is 7.78. The van der Waals surface area contributed by atoms with Gasteiger partial charge in [-0.3, -0.25) is 0 Å². The monoisotopic (exact) mass is 351 g/mol. The van der Waals surface area contributed by atoms with Crippen LogP contribution in [-0.2, 0) is 6.42 Å². The molecule has 1 atom stereocenters. The van der Waals surface area contributed by atoms with Crippen LogP contribution in [0.4, 0.5) is 5.69 Å². The molecule has 1 unspecified atom stereocenters.